The van der Waals surface area contributed by atoms with Gasteiger partial charge in [-0.3, -0.25) is 9.69 Å². The van der Waals surface area contributed by atoms with Gasteiger partial charge in [0.2, 0.25) is 0 Å². The molecule has 5 nitrogen and oxygen atoms in total. The van der Waals surface area contributed by atoms with Crippen LogP contribution in [0.5, 0.6) is 5.75 Å². The number of nitrogens with zero attached hydrogens (tertiary/aromatic N) is 1. The molecule has 5 heteroatoms. The number of ether oxygens (including phenoxy) is 1. The second kappa shape index (κ2) is 6.91. The summed E-state index contributed by atoms with van der Waals surface area (Å²) in [6.07, 6.45) is 0.426. The second-order valence-corrected chi connectivity index (χ2v) is 5.79. The zero-order chi connectivity index (χ0) is 15.4. The van der Waals surface area contributed by atoms with Gasteiger partial charge in [0.05, 0.1) is 17.8 Å². The molecule has 0 spiro atoms. The standard InChI is InChI=1S/C16H24N2O3/c1-11(18-9-12(2)21-13(3)10-18)8-17-16(20)14-6-4-5-7-15(14)19/h4-7,11-13,19H,8-10H2,1-3H3,(H,17,20)/t11-,12-,13+/m0/s1. The van der Waals surface area contributed by atoms with Crippen LogP contribution < -0.4 is 5.32 Å². The molecule has 1 aromatic carbocycles. The van der Waals surface area contributed by atoms with E-state index in [9.17, 15) is 9.90 Å². The van der Waals surface area contributed by atoms with Crippen molar-refractivity contribution in [3.05, 3.63) is 29.8 Å². The lowest BCUT2D eigenvalue weighted by atomic mass is 10.1. The van der Waals surface area contributed by atoms with Crippen molar-refractivity contribution < 1.29 is 14.6 Å². The zero-order valence-corrected chi connectivity index (χ0v) is 12.9. The maximum Gasteiger partial charge on any atom is 0.255 e. The highest BCUT2D eigenvalue weighted by molar-refractivity contribution is 5.96. The first kappa shape index (κ1) is 15.8. The van der Waals surface area contributed by atoms with Crippen molar-refractivity contribution in [1.82, 2.24) is 10.2 Å². The van der Waals surface area contributed by atoms with Crippen molar-refractivity contribution in [2.45, 2.75) is 39.0 Å². The molecule has 1 heterocycles. The fraction of sp³-hybridized carbons (Fsp3) is 0.562. The minimum Gasteiger partial charge on any atom is -0.507 e. The Hall–Kier alpha value is -1.59. The molecule has 2 rings (SSSR count). The smallest absolute Gasteiger partial charge is 0.255 e. The van der Waals surface area contributed by atoms with Gasteiger partial charge in [0, 0.05) is 25.7 Å². The van der Waals surface area contributed by atoms with E-state index >= 15 is 0 Å². The second-order valence-electron chi connectivity index (χ2n) is 5.79. The SMILES string of the molecule is C[C@@H]1CN([C@@H](C)CNC(=O)c2ccccc2O)C[C@H](C)O1. The third-order valence-electron chi connectivity index (χ3n) is 3.78. The molecule has 0 aliphatic carbocycles. The van der Waals surface area contributed by atoms with Gasteiger partial charge in [-0.25, -0.2) is 0 Å². The lowest BCUT2D eigenvalue weighted by molar-refractivity contribution is -0.0778. The lowest BCUT2D eigenvalue weighted by Gasteiger charge is -2.39. The van der Waals surface area contributed by atoms with Gasteiger partial charge < -0.3 is 15.2 Å². The maximum absolute atomic E-state index is 12.1. The Morgan fingerprint density at radius 2 is 2.00 bits per heavy atom. The number of para-hydroxylation sites is 1. The summed E-state index contributed by atoms with van der Waals surface area (Å²) in [5.41, 5.74) is 0.313. The van der Waals surface area contributed by atoms with Gasteiger partial charge >= 0.3 is 0 Å². The number of morpholine rings is 1. The van der Waals surface area contributed by atoms with E-state index < -0.39 is 0 Å². The Kier molecular flexibility index (Phi) is 5.20. The largest absolute Gasteiger partial charge is 0.507 e. The molecule has 1 aliphatic rings. The highest BCUT2D eigenvalue weighted by Crippen LogP contribution is 2.16. The van der Waals surface area contributed by atoms with Crippen LogP contribution in [0.3, 0.4) is 0 Å². The van der Waals surface area contributed by atoms with E-state index in [-0.39, 0.29) is 29.9 Å². The summed E-state index contributed by atoms with van der Waals surface area (Å²) in [6.45, 7) is 8.52. The first-order valence-corrected chi connectivity index (χ1v) is 7.43. The van der Waals surface area contributed by atoms with Crippen LogP contribution >= 0.6 is 0 Å². The summed E-state index contributed by atoms with van der Waals surface area (Å²) in [5.74, 6) is -0.231. The molecule has 3 atom stereocenters. The summed E-state index contributed by atoms with van der Waals surface area (Å²) in [6, 6.07) is 6.81. The topological polar surface area (TPSA) is 61.8 Å². The molecule has 0 unspecified atom stereocenters. The van der Waals surface area contributed by atoms with Crippen LogP contribution in [0, 0.1) is 0 Å². The molecule has 1 fully saturated rings. The van der Waals surface area contributed by atoms with Gasteiger partial charge in [0.15, 0.2) is 0 Å². The predicted octanol–water partition coefficient (Wildman–Crippen LogP) is 1.62. The summed E-state index contributed by atoms with van der Waals surface area (Å²) < 4.78 is 5.72. The van der Waals surface area contributed by atoms with Crippen molar-refractivity contribution in [2.75, 3.05) is 19.6 Å². The highest BCUT2D eigenvalue weighted by atomic mass is 16.5. The third-order valence-corrected chi connectivity index (χ3v) is 3.78. The average Bonchev–Trinajstić information content (AvgIpc) is 2.43. The average molecular weight is 292 g/mol. The molecule has 0 aromatic heterocycles. The van der Waals surface area contributed by atoms with Crippen LogP contribution in [-0.4, -0.2) is 53.8 Å². The van der Waals surface area contributed by atoms with E-state index in [1.807, 2.05) is 0 Å². The molecular formula is C16H24N2O3. The first-order chi connectivity index (χ1) is 9.97. The number of hydrogen-bond acceptors (Lipinski definition) is 4. The van der Waals surface area contributed by atoms with Gasteiger partial charge in [0.1, 0.15) is 5.75 Å². The number of hydrogen-bond donors (Lipinski definition) is 2. The Morgan fingerprint density at radius 1 is 1.38 bits per heavy atom. The number of benzene rings is 1. The fourth-order valence-electron chi connectivity index (χ4n) is 2.71. The summed E-state index contributed by atoms with van der Waals surface area (Å²) in [7, 11) is 0. The van der Waals surface area contributed by atoms with Gasteiger partial charge in [-0.15, -0.1) is 0 Å². The number of carbonyl (C=O) groups excluding carboxylic acids is 1. The van der Waals surface area contributed by atoms with Gasteiger partial charge in [-0.1, -0.05) is 12.1 Å². The highest BCUT2D eigenvalue weighted by Gasteiger charge is 2.26. The van der Waals surface area contributed by atoms with E-state index in [2.05, 4.69) is 31.0 Å². The van der Waals surface area contributed by atoms with Crippen LogP contribution in [0.1, 0.15) is 31.1 Å². The summed E-state index contributed by atoms with van der Waals surface area (Å²) >= 11 is 0. The number of rotatable bonds is 4. The van der Waals surface area contributed by atoms with E-state index in [1.54, 1.807) is 18.2 Å². The van der Waals surface area contributed by atoms with Gasteiger partial charge in [0.25, 0.3) is 5.91 Å². The van der Waals surface area contributed by atoms with Gasteiger partial charge in [-0.2, -0.15) is 0 Å². The van der Waals surface area contributed by atoms with Crippen LogP contribution in [0.25, 0.3) is 0 Å². The molecule has 2 N–H and O–H groups in total. The number of aromatic hydroxyl groups is 1. The molecule has 0 radical (unpaired) electrons. The van der Waals surface area contributed by atoms with Gasteiger partial charge in [-0.05, 0) is 32.9 Å². The van der Waals surface area contributed by atoms with Crippen LogP contribution in [-0.2, 0) is 4.74 Å². The fourth-order valence-corrected chi connectivity index (χ4v) is 2.71. The molecule has 1 aromatic rings. The Balaban J connectivity index is 1.87. The Labute approximate surface area is 125 Å². The van der Waals surface area contributed by atoms with Crippen molar-refractivity contribution in [3.63, 3.8) is 0 Å². The number of nitrogens with one attached hydrogen (secondary N) is 1. The summed E-state index contributed by atoms with van der Waals surface area (Å²) in [5, 5.41) is 12.6. The van der Waals surface area contributed by atoms with E-state index in [0.29, 0.717) is 12.1 Å². The number of carbonyl (C=O) groups is 1. The molecule has 1 aliphatic heterocycles. The van der Waals surface area contributed by atoms with Crippen LogP contribution in [0.4, 0.5) is 0 Å². The normalized spacial score (nSPS) is 24.5. The molecule has 1 saturated heterocycles. The van der Waals surface area contributed by atoms with Crippen molar-refractivity contribution >= 4 is 5.91 Å². The minimum absolute atomic E-state index is 0.0104. The van der Waals surface area contributed by atoms with E-state index in [1.165, 1.54) is 6.07 Å². The van der Waals surface area contributed by atoms with E-state index in [0.717, 1.165) is 13.1 Å². The quantitative estimate of drug-likeness (QED) is 0.885. The lowest BCUT2D eigenvalue weighted by Crippen LogP contribution is -2.52. The molecular weight excluding hydrogens is 268 g/mol. The van der Waals surface area contributed by atoms with Crippen molar-refractivity contribution in [2.24, 2.45) is 0 Å². The van der Waals surface area contributed by atoms with Crippen molar-refractivity contribution in [1.29, 1.82) is 0 Å². The molecule has 1 amide bonds. The summed E-state index contributed by atoms with van der Waals surface area (Å²) in [4.78, 5) is 14.4. The molecule has 116 valence electrons. The number of phenolic OH excluding ortho intramolecular Hbond substituents is 1. The first-order valence-electron chi connectivity index (χ1n) is 7.43. The molecule has 0 bridgehead atoms. The zero-order valence-electron chi connectivity index (χ0n) is 12.9. The number of amides is 1. The predicted molar refractivity (Wildman–Crippen MR) is 81.5 cm³/mol. The Bertz CT molecular complexity index is 482. The third kappa shape index (κ3) is 4.19. The monoisotopic (exact) mass is 292 g/mol. The molecule has 21 heavy (non-hydrogen) atoms. The Morgan fingerprint density at radius 3 is 2.62 bits per heavy atom. The number of phenols is 1. The van der Waals surface area contributed by atoms with Crippen LogP contribution in [0.2, 0.25) is 0 Å². The van der Waals surface area contributed by atoms with Crippen molar-refractivity contribution in [3.8, 4) is 5.75 Å². The van der Waals surface area contributed by atoms with E-state index in [4.69, 9.17) is 4.74 Å². The van der Waals surface area contributed by atoms with Crippen LogP contribution in [0.15, 0.2) is 24.3 Å². The maximum atomic E-state index is 12.1. The minimum atomic E-state index is -0.241. The molecule has 0 saturated carbocycles.